The Balaban J connectivity index is 1.93. The Bertz CT molecular complexity index is 809. The van der Waals surface area contributed by atoms with Crippen molar-refractivity contribution in [3.63, 3.8) is 0 Å². The zero-order chi connectivity index (χ0) is 17.1. The van der Waals surface area contributed by atoms with Gasteiger partial charge in [-0.3, -0.25) is 15.4 Å². The van der Waals surface area contributed by atoms with Crippen molar-refractivity contribution in [2.45, 2.75) is 12.5 Å². The third kappa shape index (κ3) is 3.29. The first-order valence-electron chi connectivity index (χ1n) is 7.05. The second-order valence-electron chi connectivity index (χ2n) is 5.06. The van der Waals surface area contributed by atoms with Gasteiger partial charge in [-0.05, 0) is 0 Å². The molecule has 1 aromatic carbocycles. The lowest BCUT2D eigenvalue weighted by atomic mass is 10.1. The van der Waals surface area contributed by atoms with Crippen molar-refractivity contribution < 1.29 is 19.5 Å². The molecular formula is C15H13N5O4. The summed E-state index contributed by atoms with van der Waals surface area (Å²) in [6, 6.07) is 7.68. The Morgan fingerprint density at radius 3 is 2.62 bits per heavy atom. The molecule has 4 N–H and O–H groups in total. The highest BCUT2D eigenvalue weighted by Crippen LogP contribution is 2.25. The average molecular weight is 327 g/mol. The monoisotopic (exact) mass is 327 g/mol. The lowest BCUT2D eigenvalue weighted by Crippen LogP contribution is -2.31. The van der Waals surface area contributed by atoms with E-state index >= 15 is 0 Å². The smallest absolute Gasteiger partial charge is 0.409 e. The zero-order valence-corrected chi connectivity index (χ0v) is 12.3. The van der Waals surface area contributed by atoms with E-state index in [9.17, 15) is 14.4 Å². The topological polar surface area (TPSA) is 133 Å². The maximum absolute atomic E-state index is 11.6. The van der Waals surface area contributed by atoms with Crippen molar-refractivity contribution >= 4 is 23.7 Å². The van der Waals surface area contributed by atoms with Gasteiger partial charge in [0.25, 0.3) is 5.91 Å². The van der Waals surface area contributed by atoms with Gasteiger partial charge in [-0.25, -0.2) is 19.6 Å². The minimum absolute atomic E-state index is 0.102. The number of urea groups is 1. The Morgan fingerprint density at radius 2 is 2.00 bits per heavy atom. The number of benzene rings is 1. The molecular weight excluding hydrogens is 314 g/mol. The molecule has 0 saturated carbocycles. The summed E-state index contributed by atoms with van der Waals surface area (Å²) < 4.78 is 0. The first-order chi connectivity index (χ1) is 11.5. The van der Waals surface area contributed by atoms with Crippen LogP contribution in [0.4, 0.5) is 15.3 Å². The number of carbonyl (C=O) groups is 3. The molecule has 0 spiro atoms. The summed E-state index contributed by atoms with van der Waals surface area (Å²) in [5.41, 5.74) is 1.33. The molecule has 1 aliphatic heterocycles. The van der Waals surface area contributed by atoms with Crippen LogP contribution < -0.4 is 16.0 Å². The molecule has 1 atom stereocenters. The van der Waals surface area contributed by atoms with Crippen molar-refractivity contribution in [1.82, 2.24) is 20.6 Å². The number of amides is 4. The maximum Gasteiger partial charge on any atom is 0.409 e. The molecule has 9 heteroatoms. The van der Waals surface area contributed by atoms with E-state index in [1.54, 1.807) is 24.3 Å². The van der Waals surface area contributed by atoms with Crippen LogP contribution in [0.15, 0.2) is 36.5 Å². The summed E-state index contributed by atoms with van der Waals surface area (Å²) in [6.07, 6.45) is 0.212. The van der Waals surface area contributed by atoms with E-state index in [4.69, 9.17) is 5.11 Å². The second-order valence-corrected chi connectivity index (χ2v) is 5.06. The van der Waals surface area contributed by atoms with Gasteiger partial charge >= 0.3 is 12.1 Å². The third-order valence-electron chi connectivity index (χ3n) is 3.37. The fourth-order valence-electron chi connectivity index (χ4n) is 2.32. The predicted molar refractivity (Wildman–Crippen MR) is 83.3 cm³/mol. The van der Waals surface area contributed by atoms with Gasteiger partial charge in [-0.2, -0.15) is 0 Å². The zero-order valence-electron chi connectivity index (χ0n) is 12.3. The van der Waals surface area contributed by atoms with Gasteiger partial charge < -0.3 is 10.4 Å². The van der Waals surface area contributed by atoms with E-state index in [0.29, 0.717) is 17.1 Å². The van der Waals surface area contributed by atoms with E-state index in [-0.39, 0.29) is 12.1 Å². The fourth-order valence-corrected chi connectivity index (χ4v) is 2.32. The molecule has 2 heterocycles. The molecule has 1 aliphatic rings. The first-order valence-corrected chi connectivity index (χ1v) is 7.05. The van der Waals surface area contributed by atoms with E-state index < -0.39 is 24.1 Å². The molecule has 0 bridgehead atoms. The fraction of sp³-hybridized carbons (Fsp3) is 0.133. The molecule has 1 fully saturated rings. The molecule has 2 aromatic rings. The summed E-state index contributed by atoms with van der Waals surface area (Å²) in [7, 11) is 0. The molecule has 4 amide bonds. The number of carbonyl (C=O) groups excluding carboxylic acids is 2. The van der Waals surface area contributed by atoms with Gasteiger partial charge in [-0.15, -0.1) is 0 Å². The van der Waals surface area contributed by atoms with Crippen LogP contribution in [-0.2, 0) is 11.2 Å². The first kappa shape index (κ1) is 15.4. The highest BCUT2D eigenvalue weighted by molar-refractivity contribution is 6.04. The van der Waals surface area contributed by atoms with Crippen LogP contribution >= 0.6 is 0 Å². The van der Waals surface area contributed by atoms with Crippen molar-refractivity contribution in [3.8, 4) is 11.3 Å². The minimum Gasteiger partial charge on any atom is -0.465 e. The number of rotatable bonds is 4. The molecule has 0 radical (unpaired) electrons. The number of aromatic nitrogens is 2. The number of carboxylic acid groups (broad SMARTS) is 1. The van der Waals surface area contributed by atoms with Crippen molar-refractivity contribution in [3.05, 3.63) is 42.4 Å². The highest BCUT2D eigenvalue weighted by atomic mass is 16.4. The van der Waals surface area contributed by atoms with E-state index in [0.717, 1.165) is 0 Å². The van der Waals surface area contributed by atoms with Gasteiger partial charge in [0, 0.05) is 12.0 Å². The number of nitrogens with one attached hydrogen (secondary N) is 3. The minimum atomic E-state index is -1.23. The van der Waals surface area contributed by atoms with Crippen LogP contribution in [0.5, 0.6) is 0 Å². The number of hydrogen-bond acceptors (Lipinski definition) is 5. The van der Waals surface area contributed by atoms with Crippen LogP contribution in [0.25, 0.3) is 11.3 Å². The summed E-state index contributed by atoms with van der Waals surface area (Å²) >= 11 is 0. The van der Waals surface area contributed by atoms with E-state index in [1.165, 1.54) is 6.20 Å². The van der Waals surface area contributed by atoms with Crippen molar-refractivity contribution in [2.75, 3.05) is 5.32 Å². The molecule has 3 rings (SSSR count). The number of hydrogen-bond donors (Lipinski definition) is 4. The van der Waals surface area contributed by atoms with Crippen LogP contribution in [-0.4, -0.2) is 39.1 Å². The Hall–Kier alpha value is -3.49. The van der Waals surface area contributed by atoms with Gasteiger partial charge in [0.05, 0.1) is 17.6 Å². The maximum atomic E-state index is 11.6. The lowest BCUT2D eigenvalue weighted by molar-refractivity contribution is -0.120. The molecule has 1 aromatic heterocycles. The summed E-state index contributed by atoms with van der Waals surface area (Å²) in [6.45, 7) is 0. The average Bonchev–Trinajstić information content (AvgIpc) is 2.86. The van der Waals surface area contributed by atoms with E-state index in [1.807, 2.05) is 6.07 Å². The standard InChI is InChI=1S/C15H13N5O4/c21-13-9(17-14(22)20-13)6-11-16-7-10(18-15(23)24)12(19-11)8-4-2-1-3-5-8/h1-5,7,9,18H,6H2,(H,23,24)(H2,17,20,21,22). The molecule has 122 valence electrons. The normalized spacial score (nSPS) is 16.4. The number of anilines is 1. The second kappa shape index (κ2) is 6.32. The van der Waals surface area contributed by atoms with Crippen LogP contribution in [0.3, 0.4) is 0 Å². The molecule has 1 unspecified atom stereocenters. The van der Waals surface area contributed by atoms with Crippen LogP contribution in [0.2, 0.25) is 0 Å². The summed E-state index contributed by atoms with van der Waals surface area (Å²) in [4.78, 5) is 42.1. The van der Waals surface area contributed by atoms with Gasteiger partial charge in [0.15, 0.2) is 0 Å². The SMILES string of the molecule is O=C(O)Nc1cnc(CC2NC(=O)NC2=O)nc1-c1ccccc1. The third-order valence-corrected chi connectivity index (χ3v) is 3.37. The quantitative estimate of drug-likeness (QED) is 0.619. The Morgan fingerprint density at radius 1 is 1.25 bits per heavy atom. The number of imide groups is 1. The van der Waals surface area contributed by atoms with E-state index in [2.05, 4.69) is 25.9 Å². The van der Waals surface area contributed by atoms with Gasteiger partial charge in [0.1, 0.15) is 11.9 Å². The molecule has 1 saturated heterocycles. The summed E-state index contributed by atoms with van der Waals surface area (Å²) in [5.74, 6) is -0.134. The van der Waals surface area contributed by atoms with Gasteiger partial charge in [-0.1, -0.05) is 30.3 Å². The Kier molecular flexibility index (Phi) is 4.06. The molecule has 9 nitrogen and oxygen atoms in total. The Labute approximate surface area is 136 Å². The van der Waals surface area contributed by atoms with Crippen LogP contribution in [0.1, 0.15) is 5.82 Å². The van der Waals surface area contributed by atoms with Crippen molar-refractivity contribution in [1.29, 1.82) is 0 Å². The molecule has 0 aliphatic carbocycles. The highest BCUT2D eigenvalue weighted by Gasteiger charge is 2.30. The number of nitrogens with zero attached hydrogens (tertiary/aromatic N) is 2. The largest absolute Gasteiger partial charge is 0.465 e. The molecule has 24 heavy (non-hydrogen) atoms. The predicted octanol–water partition coefficient (Wildman–Crippen LogP) is 0.984. The van der Waals surface area contributed by atoms with Gasteiger partial charge in [0.2, 0.25) is 0 Å². The van der Waals surface area contributed by atoms with Crippen LogP contribution in [0, 0.1) is 0 Å². The lowest BCUT2D eigenvalue weighted by Gasteiger charge is -2.11. The summed E-state index contributed by atoms with van der Waals surface area (Å²) in [5, 5.41) is 15.8. The van der Waals surface area contributed by atoms with Crippen molar-refractivity contribution in [2.24, 2.45) is 0 Å².